The molecule has 1 unspecified atom stereocenters. The van der Waals surface area contributed by atoms with Crippen molar-refractivity contribution in [2.24, 2.45) is 0 Å². The van der Waals surface area contributed by atoms with Gasteiger partial charge in [0.05, 0.1) is 5.88 Å². The van der Waals surface area contributed by atoms with Gasteiger partial charge < -0.3 is 9.84 Å². The average molecular weight is 294 g/mol. The number of ether oxygens (including phenoxy) is 1. The first-order valence-electron chi connectivity index (χ1n) is 5.86. The lowest BCUT2D eigenvalue weighted by Gasteiger charge is -2.09. The third-order valence-electron chi connectivity index (χ3n) is 2.74. The maximum Gasteiger partial charge on any atom is 0.251 e. The Morgan fingerprint density at radius 2 is 1.60 bits per heavy atom. The van der Waals surface area contributed by atoms with Crippen molar-refractivity contribution in [2.45, 2.75) is 6.04 Å². The normalized spacial score (nSPS) is 11.8. The van der Waals surface area contributed by atoms with Crippen LogP contribution in [0.15, 0.2) is 48.5 Å². The second kappa shape index (κ2) is 6.25. The van der Waals surface area contributed by atoms with E-state index >= 15 is 0 Å². The van der Waals surface area contributed by atoms with Crippen LogP contribution < -0.4 is 4.74 Å². The monoisotopic (exact) mass is 293 g/mol. The van der Waals surface area contributed by atoms with Crippen molar-refractivity contribution in [1.29, 1.82) is 0 Å². The fourth-order valence-corrected chi connectivity index (χ4v) is 1.97. The Balaban J connectivity index is 2.12. The number of benzene rings is 2. The van der Waals surface area contributed by atoms with E-state index in [1.54, 1.807) is 36.4 Å². The van der Waals surface area contributed by atoms with Gasteiger partial charge in [0.1, 0.15) is 17.2 Å². The minimum Gasteiger partial charge on any atom is -0.508 e. The summed E-state index contributed by atoms with van der Waals surface area (Å²) in [5, 5.41) is 20.0. The van der Waals surface area contributed by atoms with Crippen LogP contribution in [0.4, 0.5) is 0 Å². The Bertz CT molecular complexity index is 583. The standard InChI is InChI=1S/C14H12ClNO4/c15-9-14(16(18)19)10-1-5-12(6-2-10)20-13-7-3-11(17)4-8-13/h1-8,14,17H,9H2. The van der Waals surface area contributed by atoms with Crippen LogP contribution in [-0.4, -0.2) is 15.9 Å². The van der Waals surface area contributed by atoms with Crippen LogP contribution in [0.25, 0.3) is 0 Å². The minimum atomic E-state index is -0.917. The third-order valence-corrected chi connectivity index (χ3v) is 3.03. The summed E-state index contributed by atoms with van der Waals surface area (Å²) in [6.45, 7) is 0. The number of nitro groups is 1. The highest BCUT2D eigenvalue weighted by atomic mass is 35.5. The average Bonchev–Trinajstić information content (AvgIpc) is 2.44. The van der Waals surface area contributed by atoms with Crippen molar-refractivity contribution in [1.82, 2.24) is 0 Å². The summed E-state index contributed by atoms with van der Waals surface area (Å²) in [5.74, 6) is 1.20. The third kappa shape index (κ3) is 3.39. The summed E-state index contributed by atoms with van der Waals surface area (Å²) in [5.41, 5.74) is 0.531. The van der Waals surface area contributed by atoms with Crippen LogP contribution in [0.1, 0.15) is 11.6 Å². The molecule has 5 nitrogen and oxygen atoms in total. The largest absolute Gasteiger partial charge is 0.508 e. The molecule has 0 saturated heterocycles. The number of halogens is 1. The molecule has 0 aliphatic heterocycles. The van der Waals surface area contributed by atoms with Gasteiger partial charge in [-0.05, 0) is 48.5 Å². The van der Waals surface area contributed by atoms with E-state index < -0.39 is 11.0 Å². The molecule has 0 saturated carbocycles. The van der Waals surface area contributed by atoms with E-state index in [9.17, 15) is 10.1 Å². The van der Waals surface area contributed by atoms with Gasteiger partial charge in [0.15, 0.2) is 0 Å². The first-order chi connectivity index (χ1) is 9.60. The molecule has 0 aliphatic carbocycles. The molecule has 0 heterocycles. The van der Waals surface area contributed by atoms with Gasteiger partial charge in [0, 0.05) is 10.5 Å². The maximum atomic E-state index is 10.8. The van der Waals surface area contributed by atoms with Gasteiger partial charge >= 0.3 is 0 Å². The van der Waals surface area contributed by atoms with Crippen molar-refractivity contribution < 1.29 is 14.8 Å². The molecular formula is C14H12ClNO4. The molecule has 2 rings (SSSR count). The molecule has 2 aromatic rings. The van der Waals surface area contributed by atoms with Crippen molar-refractivity contribution >= 4 is 11.6 Å². The van der Waals surface area contributed by atoms with Gasteiger partial charge in [0.2, 0.25) is 0 Å². The predicted octanol–water partition coefficient (Wildman–Crippen LogP) is 3.74. The van der Waals surface area contributed by atoms with Crippen molar-refractivity contribution in [3.63, 3.8) is 0 Å². The fourth-order valence-electron chi connectivity index (χ4n) is 1.68. The summed E-state index contributed by atoms with van der Waals surface area (Å²) >= 11 is 5.58. The summed E-state index contributed by atoms with van der Waals surface area (Å²) in [6, 6.07) is 11.9. The SMILES string of the molecule is O=[N+]([O-])C(CCl)c1ccc(Oc2ccc(O)cc2)cc1. The molecule has 0 fully saturated rings. The van der Waals surface area contributed by atoms with E-state index in [0.717, 1.165) is 0 Å². The van der Waals surface area contributed by atoms with Crippen LogP contribution in [0.2, 0.25) is 0 Å². The van der Waals surface area contributed by atoms with Crippen LogP contribution in [0.5, 0.6) is 17.2 Å². The number of hydrogen-bond acceptors (Lipinski definition) is 4. The Morgan fingerprint density at radius 1 is 1.10 bits per heavy atom. The molecule has 1 N–H and O–H groups in total. The second-order valence-corrected chi connectivity index (χ2v) is 4.43. The number of alkyl halides is 1. The summed E-state index contributed by atoms with van der Waals surface area (Å²) < 4.78 is 5.55. The quantitative estimate of drug-likeness (QED) is 0.518. The lowest BCUT2D eigenvalue weighted by atomic mass is 10.1. The molecule has 0 radical (unpaired) electrons. The zero-order chi connectivity index (χ0) is 14.5. The summed E-state index contributed by atoms with van der Waals surface area (Å²) in [7, 11) is 0. The Labute approximate surface area is 120 Å². The summed E-state index contributed by atoms with van der Waals surface area (Å²) in [6.07, 6.45) is 0. The predicted molar refractivity (Wildman–Crippen MR) is 75.1 cm³/mol. The number of nitrogens with zero attached hydrogens (tertiary/aromatic N) is 1. The molecule has 0 bridgehead atoms. The molecule has 104 valence electrons. The van der Waals surface area contributed by atoms with E-state index in [4.69, 9.17) is 21.4 Å². The van der Waals surface area contributed by atoms with Gasteiger partial charge in [-0.25, -0.2) is 0 Å². The lowest BCUT2D eigenvalue weighted by molar-refractivity contribution is -0.523. The number of rotatable bonds is 5. The Kier molecular flexibility index (Phi) is 4.42. The van der Waals surface area contributed by atoms with Crippen LogP contribution in [0.3, 0.4) is 0 Å². The number of hydrogen-bond donors (Lipinski definition) is 1. The minimum absolute atomic E-state index is 0.0782. The van der Waals surface area contributed by atoms with Crippen molar-refractivity contribution in [2.75, 3.05) is 5.88 Å². The zero-order valence-corrected chi connectivity index (χ0v) is 11.2. The topological polar surface area (TPSA) is 72.6 Å². The van der Waals surface area contributed by atoms with Gasteiger partial charge in [-0.2, -0.15) is 0 Å². The zero-order valence-electron chi connectivity index (χ0n) is 10.4. The first-order valence-corrected chi connectivity index (χ1v) is 6.40. The highest BCUT2D eigenvalue weighted by molar-refractivity contribution is 6.18. The van der Waals surface area contributed by atoms with E-state index in [2.05, 4.69) is 0 Å². The second-order valence-electron chi connectivity index (χ2n) is 4.12. The lowest BCUT2D eigenvalue weighted by Crippen LogP contribution is -2.11. The molecule has 2 aromatic carbocycles. The number of aromatic hydroxyl groups is 1. The molecule has 20 heavy (non-hydrogen) atoms. The maximum absolute atomic E-state index is 10.8. The number of phenolic OH excluding ortho intramolecular Hbond substituents is 1. The van der Waals surface area contributed by atoms with E-state index in [1.807, 2.05) is 0 Å². The van der Waals surface area contributed by atoms with E-state index in [0.29, 0.717) is 17.1 Å². The van der Waals surface area contributed by atoms with Gasteiger partial charge in [0.25, 0.3) is 6.04 Å². The van der Waals surface area contributed by atoms with Gasteiger partial charge in [-0.15, -0.1) is 11.6 Å². The van der Waals surface area contributed by atoms with Crippen LogP contribution >= 0.6 is 11.6 Å². The highest BCUT2D eigenvalue weighted by Crippen LogP contribution is 2.26. The van der Waals surface area contributed by atoms with E-state index in [-0.39, 0.29) is 11.6 Å². The molecule has 0 amide bonds. The van der Waals surface area contributed by atoms with Crippen molar-refractivity contribution in [3.05, 3.63) is 64.2 Å². The fraction of sp³-hybridized carbons (Fsp3) is 0.143. The molecule has 1 atom stereocenters. The smallest absolute Gasteiger partial charge is 0.251 e. The first kappa shape index (κ1) is 14.1. The van der Waals surface area contributed by atoms with Crippen molar-refractivity contribution in [3.8, 4) is 17.2 Å². The molecule has 0 spiro atoms. The van der Waals surface area contributed by atoms with Crippen LogP contribution in [-0.2, 0) is 0 Å². The molecular weight excluding hydrogens is 282 g/mol. The molecule has 0 aromatic heterocycles. The summed E-state index contributed by atoms with van der Waals surface area (Å²) in [4.78, 5) is 10.4. The van der Waals surface area contributed by atoms with Crippen LogP contribution in [0, 0.1) is 10.1 Å². The van der Waals surface area contributed by atoms with Gasteiger partial charge in [-0.1, -0.05) is 0 Å². The Morgan fingerprint density at radius 3 is 2.05 bits per heavy atom. The van der Waals surface area contributed by atoms with E-state index in [1.165, 1.54) is 12.1 Å². The van der Waals surface area contributed by atoms with Gasteiger partial charge in [-0.3, -0.25) is 10.1 Å². The number of phenols is 1. The molecule has 6 heteroatoms. The highest BCUT2D eigenvalue weighted by Gasteiger charge is 2.21. The molecule has 0 aliphatic rings. The Hall–Kier alpha value is -2.27.